The van der Waals surface area contributed by atoms with Crippen LogP contribution in [-0.2, 0) is 9.73 Å². The lowest BCUT2D eigenvalue weighted by Gasteiger charge is -2.01. The van der Waals surface area contributed by atoms with Gasteiger partial charge in [-0.15, -0.1) is 0 Å². The zero-order valence-corrected chi connectivity index (χ0v) is 9.54. The molecule has 0 saturated heterocycles. The first-order chi connectivity index (χ1) is 6.52. The van der Waals surface area contributed by atoms with Crippen molar-refractivity contribution in [2.45, 2.75) is 18.7 Å². The van der Waals surface area contributed by atoms with E-state index in [-0.39, 0.29) is 0 Å². The molecular formula is C11H15NOS. The van der Waals surface area contributed by atoms with E-state index in [1.807, 2.05) is 44.2 Å². The smallest absolute Gasteiger partial charge is 0.0765 e. The molecule has 76 valence electrons. The summed E-state index contributed by atoms with van der Waals surface area (Å²) in [7, 11) is -2.26. The second kappa shape index (κ2) is 4.42. The van der Waals surface area contributed by atoms with Gasteiger partial charge < -0.3 is 0 Å². The second-order valence-electron chi connectivity index (χ2n) is 3.43. The molecule has 0 N–H and O–H groups in total. The molecule has 0 heterocycles. The van der Waals surface area contributed by atoms with Crippen molar-refractivity contribution in [3.8, 4) is 0 Å². The summed E-state index contributed by atoms with van der Waals surface area (Å²) in [4.78, 5) is 0.775. The maximum Gasteiger partial charge on any atom is 0.0765 e. The van der Waals surface area contributed by atoms with Crippen LogP contribution in [0, 0.1) is 0 Å². The number of rotatable bonds is 2. The minimum Gasteiger partial charge on any atom is -0.245 e. The van der Waals surface area contributed by atoms with Crippen molar-refractivity contribution in [1.82, 2.24) is 0 Å². The van der Waals surface area contributed by atoms with Crippen LogP contribution in [0.3, 0.4) is 0 Å². The molecule has 0 bridgehead atoms. The lowest BCUT2D eigenvalue weighted by atomic mass is 10.4. The standard InChI is InChI=1S/C11H15NOS/c1-10(2)9-12-14(3,13)11-7-5-4-6-8-11/h4-9H,1-3H3. The zero-order valence-electron chi connectivity index (χ0n) is 8.73. The molecule has 14 heavy (non-hydrogen) atoms. The van der Waals surface area contributed by atoms with Gasteiger partial charge in [0, 0.05) is 17.4 Å². The van der Waals surface area contributed by atoms with E-state index in [9.17, 15) is 4.21 Å². The first kappa shape index (κ1) is 11.0. The minimum atomic E-state index is -2.26. The first-order valence-electron chi connectivity index (χ1n) is 4.42. The van der Waals surface area contributed by atoms with Crippen molar-refractivity contribution in [3.05, 3.63) is 42.1 Å². The molecule has 1 aromatic carbocycles. The van der Waals surface area contributed by atoms with E-state index in [0.29, 0.717) is 0 Å². The average molecular weight is 209 g/mol. The van der Waals surface area contributed by atoms with Gasteiger partial charge in [-0.3, -0.25) is 0 Å². The summed E-state index contributed by atoms with van der Waals surface area (Å²) in [5.74, 6) is 0. The SMILES string of the molecule is CC(C)=CN=S(C)(=O)c1ccccc1. The van der Waals surface area contributed by atoms with Gasteiger partial charge in [-0.25, -0.2) is 8.57 Å². The third-order valence-electron chi connectivity index (χ3n) is 1.69. The maximum atomic E-state index is 12.1. The van der Waals surface area contributed by atoms with Crippen LogP contribution in [0.1, 0.15) is 13.8 Å². The van der Waals surface area contributed by atoms with E-state index in [4.69, 9.17) is 0 Å². The van der Waals surface area contributed by atoms with Gasteiger partial charge in [-0.2, -0.15) is 0 Å². The zero-order chi connectivity index (χ0) is 10.6. The highest BCUT2D eigenvalue weighted by atomic mass is 32.2. The van der Waals surface area contributed by atoms with E-state index in [1.54, 1.807) is 12.5 Å². The summed E-state index contributed by atoms with van der Waals surface area (Å²) in [6.07, 6.45) is 3.32. The van der Waals surface area contributed by atoms with Gasteiger partial charge in [0.15, 0.2) is 0 Å². The Morgan fingerprint density at radius 1 is 1.29 bits per heavy atom. The fraction of sp³-hybridized carbons (Fsp3) is 0.273. The molecule has 1 atom stereocenters. The lowest BCUT2D eigenvalue weighted by Crippen LogP contribution is -1.95. The molecule has 0 aromatic heterocycles. The fourth-order valence-corrected chi connectivity index (χ4v) is 2.14. The Labute approximate surface area is 85.8 Å². The summed E-state index contributed by atoms with van der Waals surface area (Å²) in [5, 5.41) is 0. The van der Waals surface area contributed by atoms with Crippen molar-refractivity contribution < 1.29 is 4.21 Å². The molecule has 0 saturated carbocycles. The van der Waals surface area contributed by atoms with Crippen molar-refractivity contribution in [3.63, 3.8) is 0 Å². The maximum absolute atomic E-state index is 12.1. The van der Waals surface area contributed by atoms with Crippen LogP contribution in [0.15, 0.2) is 51.4 Å². The van der Waals surface area contributed by atoms with E-state index in [1.165, 1.54) is 0 Å². The highest BCUT2D eigenvalue weighted by Gasteiger charge is 2.02. The Balaban J connectivity index is 3.16. The topological polar surface area (TPSA) is 29.4 Å². The number of allylic oxidation sites excluding steroid dienone is 1. The van der Waals surface area contributed by atoms with Gasteiger partial charge >= 0.3 is 0 Å². The van der Waals surface area contributed by atoms with Crippen LogP contribution in [0.25, 0.3) is 0 Å². The monoisotopic (exact) mass is 209 g/mol. The molecule has 1 unspecified atom stereocenters. The Morgan fingerprint density at radius 2 is 1.86 bits per heavy atom. The Morgan fingerprint density at radius 3 is 2.36 bits per heavy atom. The van der Waals surface area contributed by atoms with Gasteiger partial charge in [0.05, 0.1) is 9.73 Å². The summed E-state index contributed by atoms with van der Waals surface area (Å²) in [6, 6.07) is 9.32. The summed E-state index contributed by atoms with van der Waals surface area (Å²) in [5.41, 5.74) is 1.05. The van der Waals surface area contributed by atoms with Gasteiger partial charge in [-0.1, -0.05) is 23.8 Å². The van der Waals surface area contributed by atoms with Crippen molar-refractivity contribution in [2.75, 3.05) is 6.26 Å². The lowest BCUT2D eigenvalue weighted by molar-refractivity contribution is 0.680. The molecule has 0 amide bonds. The third-order valence-corrected chi connectivity index (χ3v) is 3.35. The number of hydrogen-bond donors (Lipinski definition) is 0. The van der Waals surface area contributed by atoms with E-state index >= 15 is 0 Å². The van der Waals surface area contributed by atoms with Crippen LogP contribution in [0.5, 0.6) is 0 Å². The highest BCUT2D eigenvalue weighted by molar-refractivity contribution is 7.93. The predicted molar refractivity (Wildman–Crippen MR) is 60.6 cm³/mol. The molecule has 3 heteroatoms. The molecule has 0 aliphatic carbocycles. The fourth-order valence-electron chi connectivity index (χ4n) is 0.940. The molecule has 0 aliphatic rings. The molecule has 1 aromatic rings. The van der Waals surface area contributed by atoms with Gasteiger partial charge in [0.25, 0.3) is 0 Å². The highest BCUT2D eigenvalue weighted by Crippen LogP contribution is 2.10. The first-order valence-corrected chi connectivity index (χ1v) is 6.34. The predicted octanol–water partition coefficient (Wildman–Crippen LogP) is 3.07. The Kier molecular flexibility index (Phi) is 3.47. The summed E-state index contributed by atoms with van der Waals surface area (Å²) in [6.45, 7) is 3.87. The number of hydrogen-bond acceptors (Lipinski definition) is 2. The Hall–Kier alpha value is -1.09. The number of benzene rings is 1. The van der Waals surface area contributed by atoms with Crippen LogP contribution < -0.4 is 0 Å². The third kappa shape index (κ3) is 3.00. The van der Waals surface area contributed by atoms with Gasteiger partial charge in [0.1, 0.15) is 0 Å². The van der Waals surface area contributed by atoms with E-state index in [0.717, 1.165) is 10.5 Å². The molecular weight excluding hydrogens is 194 g/mol. The van der Waals surface area contributed by atoms with E-state index < -0.39 is 9.73 Å². The molecule has 0 fully saturated rings. The molecule has 1 rings (SSSR count). The van der Waals surface area contributed by atoms with Crippen molar-refractivity contribution in [2.24, 2.45) is 4.36 Å². The minimum absolute atomic E-state index is 0.775. The Bertz CT molecular complexity index is 436. The van der Waals surface area contributed by atoms with Crippen LogP contribution in [0.2, 0.25) is 0 Å². The van der Waals surface area contributed by atoms with Crippen LogP contribution in [-0.4, -0.2) is 10.5 Å². The van der Waals surface area contributed by atoms with Crippen molar-refractivity contribution in [1.29, 1.82) is 0 Å². The van der Waals surface area contributed by atoms with Crippen LogP contribution in [0.4, 0.5) is 0 Å². The number of nitrogens with zero attached hydrogens (tertiary/aromatic N) is 1. The normalized spacial score (nSPS) is 14.2. The summed E-state index contributed by atoms with van der Waals surface area (Å²) < 4.78 is 16.2. The van der Waals surface area contributed by atoms with Crippen LogP contribution >= 0.6 is 0 Å². The quantitative estimate of drug-likeness (QED) is 0.736. The molecule has 0 radical (unpaired) electrons. The average Bonchev–Trinajstić information content (AvgIpc) is 2.16. The second-order valence-corrected chi connectivity index (χ2v) is 5.71. The summed E-state index contributed by atoms with van der Waals surface area (Å²) >= 11 is 0. The van der Waals surface area contributed by atoms with Crippen molar-refractivity contribution >= 4 is 9.73 Å². The van der Waals surface area contributed by atoms with Gasteiger partial charge in [0.2, 0.25) is 0 Å². The molecule has 0 aliphatic heterocycles. The molecule has 2 nitrogen and oxygen atoms in total. The largest absolute Gasteiger partial charge is 0.245 e. The molecule has 0 spiro atoms. The van der Waals surface area contributed by atoms with Gasteiger partial charge in [-0.05, 0) is 26.0 Å². The van der Waals surface area contributed by atoms with E-state index in [2.05, 4.69) is 4.36 Å².